The van der Waals surface area contributed by atoms with Crippen LogP contribution in [0.2, 0.25) is 0 Å². The Labute approximate surface area is 87.6 Å². The summed E-state index contributed by atoms with van der Waals surface area (Å²) in [7, 11) is 0. The Morgan fingerprint density at radius 3 is 2.62 bits per heavy atom. The maximum atomic E-state index is 11.0. The minimum absolute atomic E-state index is 0.111. The molecule has 13 heavy (non-hydrogen) atoms. The summed E-state index contributed by atoms with van der Waals surface area (Å²) in [6, 6.07) is 0. The Hall–Kier alpha value is -0.700. The van der Waals surface area contributed by atoms with Gasteiger partial charge in [0.25, 0.3) is 0 Å². The number of carbonyl (C=O) groups is 1. The van der Waals surface area contributed by atoms with Gasteiger partial charge in [-0.05, 0) is 37.8 Å². The fraction of sp³-hybridized carbons (Fsp3) is 0.400. The summed E-state index contributed by atoms with van der Waals surface area (Å²) >= 11 is 3.33. The van der Waals surface area contributed by atoms with E-state index in [0.717, 1.165) is 16.5 Å². The summed E-state index contributed by atoms with van der Waals surface area (Å²) < 4.78 is 0.881. The minimum atomic E-state index is 0.111. The highest BCUT2D eigenvalue weighted by molar-refractivity contribution is 9.11. The summed E-state index contributed by atoms with van der Waals surface area (Å²) in [4.78, 5) is 14.7. The van der Waals surface area contributed by atoms with Crippen LogP contribution in [0.25, 0.3) is 0 Å². The molecule has 0 radical (unpaired) electrons. The molecule has 0 rings (SSSR count). The van der Waals surface area contributed by atoms with E-state index >= 15 is 0 Å². The molecule has 0 aliphatic heterocycles. The van der Waals surface area contributed by atoms with Crippen LogP contribution in [-0.2, 0) is 4.79 Å². The smallest absolute Gasteiger partial charge is 0.155 e. The molecule has 72 valence electrons. The van der Waals surface area contributed by atoms with E-state index < -0.39 is 0 Å². The lowest BCUT2D eigenvalue weighted by atomic mass is 10.1. The average Bonchev–Trinajstić information content (AvgIpc) is 2.10. The molecule has 0 atom stereocenters. The average molecular weight is 244 g/mol. The number of halogens is 1. The number of carbonyl (C=O) groups excluding carboxylic acids is 1. The number of rotatable bonds is 5. The first-order valence-corrected chi connectivity index (χ1v) is 4.90. The topological polar surface area (TPSA) is 29.4 Å². The second kappa shape index (κ2) is 6.78. The van der Waals surface area contributed by atoms with Crippen LogP contribution in [0.4, 0.5) is 0 Å². The van der Waals surface area contributed by atoms with E-state index in [2.05, 4.69) is 27.6 Å². The third-order valence-corrected chi connectivity index (χ3v) is 2.11. The van der Waals surface area contributed by atoms with Gasteiger partial charge in [-0.3, -0.25) is 9.79 Å². The van der Waals surface area contributed by atoms with Gasteiger partial charge in [-0.1, -0.05) is 22.9 Å². The zero-order valence-corrected chi connectivity index (χ0v) is 9.60. The Bertz CT molecular complexity index is 254. The van der Waals surface area contributed by atoms with E-state index in [9.17, 15) is 4.79 Å². The van der Waals surface area contributed by atoms with E-state index in [-0.39, 0.29) is 5.78 Å². The molecule has 0 N–H and O–H groups in total. The summed E-state index contributed by atoms with van der Waals surface area (Å²) in [5.74, 6) is 0.111. The van der Waals surface area contributed by atoms with Crippen LogP contribution in [0.3, 0.4) is 0 Å². The fourth-order valence-corrected chi connectivity index (χ4v) is 1.25. The number of nitrogens with zero attached hydrogens (tertiary/aromatic N) is 1. The van der Waals surface area contributed by atoms with E-state index in [1.165, 1.54) is 0 Å². The van der Waals surface area contributed by atoms with Gasteiger partial charge >= 0.3 is 0 Å². The summed E-state index contributed by atoms with van der Waals surface area (Å²) in [6.45, 7) is 7.45. The van der Waals surface area contributed by atoms with Gasteiger partial charge in [-0.15, -0.1) is 0 Å². The molecule has 0 saturated heterocycles. The molecule has 2 nitrogen and oxygen atoms in total. The highest BCUT2D eigenvalue weighted by Gasteiger charge is 2.00. The molecule has 0 aliphatic rings. The van der Waals surface area contributed by atoms with Crippen molar-refractivity contribution in [3.05, 3.63) is 22.2 Å². The van der Waals surface area contributed by atoms with Gasteiger partial charge in [-0.25, -0.2) is 0 Å². The molecule has 0 bridgehead atoms. The van der Waals surface area contributed by atoms with Crippen LogP contribution in [0, 0.1) is 0 Å². The van der Waals surface area contributed by atoms with Crippen molar-refractivity contribution in [3.63, 3.8) is 0 Å². The molecule has 0 saturated carbocycles. The van der Waals surface area contributed by atoms with Crippen LogP contribution >= 0.6 is 15.9 Å². The third kappa shape index (κ3) is 5.53. The monoisotopic (exact) mass is 243 g/mol. The predicted octanol–water partition coefficient (Wildman–Crippen LogP) is 2.89. The highest BCUT2D eigenvalue weighted by Crippen LogP contribution is 2.12. The van der Waals surface area contributed by atoms with Crippen molar-refractivity contribution in [2.75, 3.05) is 6.54 Å². The summed E-state index contributed by atoms with van der Waals surface area (Å²) in [5, 5.41) is 0. The molecular weight excluding hydrogens is 230 g/mol. The van der Waals surface area contributed by atoms with E-state index in [4.69, 9.17) is 0 Å². The number of hydrogen-bond acceptors (Lipinski definition) is 2. The first-order valence-electron chi connectivity index (χ1n) is 4.11. The van der Waals surface area contributed by atoms with Crippen molar-refractivity contribution in [1.82, 2.24) is 0 Å². The fourth-order valence-electron chi connectivity index (χ4n) is 0.830. The van der Waals surface area contributed by atoms with Gasteiger partial charge in [0.1, 0.15) is 0 Å². The van der Waals surface area contributed by atoms with Crippen molar-refractivity contribution < 1.29 is 4.79 Å². The van der Waals surface area contributed by atoms with Gasteiger partial charge in [0.2, 0.25) is 0 Å². The normalized spacial score (nSPS) is 12.8. The zero-order chi connectivity index (χ0) is 10.3. The number of aliphatic imine (C=N–C) groups is 1. The predicted molar refractivity (Wildman–Crippen MR) is 60.5 cm³/mol. The Morgan fingerprint density at radius 2 is 2.23 bits per heavy atom. The maximum absolute atomic E-state index is 11.0. The molecule has 0 aliphatic carbocycles. The molecular formula is C10H14BrNO. The molecule has 0 aromatic rings. The number of hydrogen-bond donors (Lipinski definition) is 0. The Balaban J connectivity index is 4.49. The van der Waals surface area contributed by atoms with Crippen LogP contribution in [0.1, 0.15) is 20.3 Å². The van der Waals surface area contributed by atoms with Crippen molar-refractivity contribution >= 4 is 28.4 Å². The van der Waals surface area contributed by atoms with Crippen molar-refractivity contribution in [3.8, 4) is 0 Å². The van der Waals surface area contributed by atoms with Crippen LogP contribution in [0.15, 0.2) is 27.2 Å². The molecule has 0 spiro atoms. The molecule has 0 amide bonds. The molecule has 3 heteroatoms. The van der Waals surface area contributed by atoms with Crippen LogP contribution in [0.5, 0.6) is 0 Å². The molecule has 0 heterocycles. The van der Waals surface area contributed by atoms with Crippen molar-refractivity contribution in [2.24, 2.45) is 4.99 Å². The molecule has 0 unspecified atom stereocenters. The lowest BCUT2D eigenvalue weighted by molar-refractivity contribution is -0.113. The Kier molecular flexibility index (Phi) is 6.41. The quantitative estimate of drug-likeness (QED) is 0.415. The van der Waals surface area contributed by atoms with E-state index in [0.29, 0.717) is 6.54 Å². The second-order valence-corrected chi connectivity index (χ2v) is 3.49. The molecule has 0 aromatic heterocycles. The second-order valence-electron chi connectivity index (χ2n) is 2.57. The summed E-state index contributed by atoms with van der Waals surface area (Å²) in [5.41, 5.74) is 0.812. The number of ketones is 1. The van der Waals surface area contributed by atoms with Crippen molar-refractivity contribution in [1.29, 1.82) is 0 Å². The van der Waals surface area contributed by atoms with Gasteiger partial charge in [-0.2, -0.15) is 0 Å². The van der Waals surface area contributed by atoms with Gasteiger partial charge in [0.15, 0.2) is 5.78 Å². The molecule has 0 aromatic carbocycles. The number of Topliss-reactive ketones (excluding diaryl/α,β-unsaturated/α-hetero) is 1. The van der Waals surface area contributed by atoms with Crippen LogP contribution in [-0.4, -0.2) is 19.0 Å². The Morgan fingerprint density at radius 1 is 1.62 bits per heavy atom. The van der Waals surface area contributed by atoms with E-state index in [1.54, 1.807) is 6.92 Å². The van der Waals surface area contributed by atoms with Gasteiger partial charge in [0.05, 0.1) is 6.54 Å². The zero-order valence-electron chi connectivity index (χ0n) is 8.01. The first kappa shape index (κ1) is 12.3. The standard InChI is InChI=1S/C10H14BrNO/c1-4-9(8(2)13)7-10(11)5-6-12-3/h5,7H,3-4,6H2,1-2H3/b9-7+,10-5+. The first-order chi connectivity index (χ1) is 6.11. The largest absolute Gasteiger partial charge is 0.297 e. The lowest BCUT2D eigenvalue weighted by Gasteiger charge is -1.97. The number of allylic oxidation sites excluding steroid dienone is 3. The lowest BCUT2D eigenvalue weighted by Crippen LogP contribution is -1.94. The van der Waals surface area contributed by atoms with E-state index in [1.807, 2.05) is 19.1 Å². The minimum Gasteiger partial charge on any atom is -0.297 e. The highest BCUT2D eigenvalue weighted by atomic mass is 79.9. The van der Waals surface area contributed by atoms with Crippen LogP contribution < -0.4 is 0 Å². The molecule has 0 fully saturated rings. The van der Waals surface area contributed by atoms with Crippen molar-refractivity contribution in [2.45, 2.75) is 20.3 Å². The SMILES string of the molecule is C=NC/C=C(Br)\C=C(/CC)C(C)=O. The van der Waals surface area contributed by atoms with Gasteiger partial charge < -0.3 is 0 Å². The van der Waals surface area contributed by atoms with Gasteiger partial charge in [0, 0.05) is 4.48 Å². The maximum Gasteiger partial charge on any atom is 0.155 e. The third-order valence-electron chi connectivity index (χ3n) is 1.56. The summed E-state index contributed by atoms with van der Waals surface area (Å²) in [6.07, 6.45) is 4.44.